The quantitative estimate of drug-likeness (QED) is 0.746. The molecule has 1 atom stereocenters. The number of urea groups is 1. The second-order valence-corrected chi connectivity index (χ2v) is 5.45. The Morgan fingerprint density at radius 1 is 1.37 bits per heavy atom. The molecule has 5 nitrogen and oxygen atoms in total. The van der Waals surface area contributed by atoms with Gasteiger partial charge in [-0.3, -0.25) is 4.79 Å². The van der Waals surface area contributed by atoms with Gasteiger partial charge in [0, 0.05) is 12.6 Å². The molecular formula is C14H26N2O3. The smallest absolute Gasteiger partial charge is 0.323 e. The predicted octanol–water partition coefficient (Wildman–Crippen LogP) is 2.46. The standard InChI is InChI=1S/C14H26N2O3/c1-3-11(2)16(10-13(17)18)14(19)15-9-8-12-6-4-5-7-12/h11-12H,3-10H2,1-2H3,(H,15,19)(H,17,18). The van der Waals surface area contributed by atoms with E-state index < -0.39 is 5.97 Å². The molecule has 2 amide bonds. The highest BCUT2D eigenvalue weighted by molar-refractivity contribution is 5.80. The van der Waals surface area contributed by atoms with E-state index in [0.29, 0.717) is 6.54 Å². The Labute approximate surface area is 115 Å². The summed E-state index contributed by atoms with van der Waals surface area (Å²) < 4.78 is 0. The average molecular weight is 270 g/mol. The molecule has 0 aromatic heterocycles. The maximum absolute atomic E-state index is 12.0. The summed E-state index contributed by atoms with van der Waals surface area (Å²) in [6.07, 6.45) is 6.89. The van der Waals surface area contributed by atoms with Gasteiger partial charge in [-0.1, -0.05) is 32.6 Å². The molecule has 0 radical (unpaired) electrons. The number of hydrogen-bond acceptors (Lipinski definition) is 2. The van der Waals surface area contributed by atoms with Crippen LogP contribution >= 0.6 is 0 Å². The number of nitrogens with one attached hydrogen (secondary N) is 1. The van der Waals surface area contributed by atoms with Crippen molar-refractivity contribution in [3.8, 4) is 0 Å². The first kappa shape index (κ1) is 15.8. The van der Waals surface area contributed by atoms with E-state index in [0.717, 1.165) is 18.8 Å². The van der Waals surface area contributed by atoms with Gasteiger partial charge in [0.25, 0.3) is 0 Å². The first-order valence-corrected chi connectivity index (χ1v) is 7.30. The molecule has 1 fully saturated rings. The maximum Gasteiger partial charge on any atom is 0.323 e. The predicted molar refractivity (Wildman–Crippen MR) is 74.1 cm³/mol. The van der Waals surface area contributed by atoms with Crippen molar-refractivity contribution in [2.75, 3.05) is 13.1 Å². The number of rotatable bonds is 7. The van der Waals surface area contributed by atoms with Crippen LogP contribution in [0, 0.1) is 5.92 Å². The zero-order chi connectivity index (χ0) is 14.3. The van der Waals surface area contributed by atoms with Gasteiger partial charge in [-0.2, -0.15) is 0 Å². The Morgan fingerprint density at radius 3 is 2.53 bits per heavy atom. The van der Waals surface area contributed by atoms with Crippen LogP contribution in [0.4, 0.5) is 4.79 Å². The minimum Gasteiger partial charge on any atom is -0.480 e. The molecule has 1 unspecified atom stereocenters. The third-order valence-electron chi connectivity index (χ3n) is 3.99. The number of carboxylic acid groups (broad SMARTS) is 1. The first-order valence-electron chi connectivity index (χ1n) is 7.30. The fourth-order valence-corrected chi connectivity index (χ4v) is 2.58. The molecule has 1 aliphatic rings. The summed E-state index contributed by atoms with van der Waals surface area (Å²) in [6.45, 7) is 4.24. The second kappa shape index (κ2) is 8.02. The van der Waals surface area contributed by atoms with Gasteiger partial charge in [-0.25, -0.2) is 4.79 Å². The largest absolute Gasteiger partial charge is 0.480 e. The van der Waals surface area contributed by atoms with Crippen LogP contribution in [0.3, 0.4) is 0 Å². The molecule has 1 rings (SSSR count). The summed E-state index contributed by atoms with van der Waals surface area (Å²) in [7, 11) is 0. The SMILES string of the molecule is CCC(C)N(CC(=O)O)C(=O)NCCC1CCCC1. The molecule has 5 heteroatoms. The maximum atomic E-state index is 12.0. The lowest BCUT2D eigenvalue weighted by Gasteiger charge is -2.27. The van der Waals surface area contributed by atoms with Crippen molar-refractivity contribution in [2.24, 2.45) is 5.92 Å². The van der Waals surface area contributed by atoms with Gasteiger partial charge >= 0.3 is 12.0 Å². The van der Waals surface area contributed by atoms with Crippen LogP contribution < -0.4 is 5.32 Å². The van der Waals surface area contributed by atoms with Gasteiger partial charge in [0.05, 0.1) is 0 Å². The fourth-order valence-electron chi connectivity index (χ4n) is 2.58. The molecular weight excluding hydrogens is 244 g/mol. The number of carbonyl (C=O) groups is 2. The number of hydrogen-bond donors (Lipinski definition) is 2. The van der Waals surface area contributed by atoms with Crippen molar-refractivity contribution in [3.63, 3.8) is 0 Å². The van der Waals surface area contributed by atoms with E-state index in [4.69, 9.17) is 5.11 Å². The molecule has 1 saturated carbocycles. The molecule has 0 heterocycles. The van der Waals surface area contributed by atoms with Crippen LogP contribution in [0.25, 0.3) is 0 Å². The fraction of sp³-hybridized carbons (Fsp3) is 0.857. The summed E-state index contributed by atoms with van der Waals surface area (Å²) >= 11 is 0. The molecule has 1 aliphatic carbocycles. The summed E-state index contributed by atoms with van der Waals surface area (Å²) in [4.78, 5) is 24.2. The monoisotopic (exact) mass is 270 g/mol. The highest BCUT2D eigenvalue weighted by Gasteiger charge is 2.21. The van der Waals surface area contributed by atoms with Crippen LogP contribution in [0.1, 0.15) is 52.4 Å². The van der Waals surface area contributed by atoms with Crippen LogP contribution in [0.2, 0.25) is 0 Å². The zero-order valence-corrected chi connectivity index (χ0v) is 12.0. The summed E-state index contributed by atoms with van der Waals surface area (Å²) in [5.74, 6) is -0.233. The Hall–Kier alpha value is -1.26. The summed E-state index contributed by atoms with van der Waals surface area (Å²) in [6, 6.07) is -0.308. The van der Waals surface area contributed by atoms with Gasteiger partial charge in [0.1, 0.15) is 6.54 Å². The minimum absolute atomic E-state index is 0.0532. The van der Waals surface area contributed by atoms with E-state index in [1.807, 2.05) is 13.8 Å². The number of nitrogens with zero attached hydrogens (tertiary/aromatic N) is 1. The third-order valence-corrected chi connectivity index (χ3v) is 3.99. The second-order valence-electron chi connectivity index (χ2n) is 5.45. The van der Waals surface area contributed by atoms with Crippen molar-refractivity contribution >= 4 is 12.0 Å². The Kier molecular flexibility index (Phi) is 6.67. The lowest BCUT2D eigenvalue weighted by molar-refractivity contribution is -0.138. The van der Waals surface area contributed by atoms with Crippen LogP contribution in [0.15, 0.2) is 0 Å². The van der Waals surface area contributed by atoms with Gasteiger partial charge in [0.15, 0.2) is 0 Å². The lowest BCUT2D eigenvalue weighted by atomic mass is 10.0. The molecule has 19 heavy (non-hydrogen) atoms. The van der Waals surface area contributed by atoms with E-state index in [2.05, 4.69) is 5.32 Å². The van der Waals surface area contributed by atoms with E-state index in [-0.39, 0.29) is 18.6 Å². The highest BCUT2D eigenvalue weighted by Crippen LogP contribution is 2.26. The number of aliphatic carboxylic acids is 1. The number of carboxylic acids is 1. The molecule has 0 aromatic carbocycles. The minimum atomic E-state index is -0.966. The van der Waals surface area contributed by atoms with Crippen molar-refractivity contribution in [3.05, 3.63) is 0 Å². The van der Waals surface area contributed by atoms with E-state index in [1.54, 1.807) is 0 Å². The number of amides is 2. The van der Waals surface area contributed by atoms with Crippen molar-refractivity contribution in [1.29, 1.82) is 0 Å². The van der Waals surface area contributed by atoms with Crippen LogP contribution in [-0.4, -0.2) is 41.1 Å². The van der Waals surface area contributed by atoms with E-state index in [9.17, 15) is 9.59 Å². The van der Waals surface area contributed by atoms with Crippen molar-refractivity contribution in [1.82, 2.24) is 10.2 Å². The molecule has 0 saturated heterocycles. The molecule has 0 aliphatic heterocycles. The normalized spacial score (nSPS) is 17.2. The van der Waals surface area contributed by atoms with E-state index in [1.165, 1.54) is 30.6 Å². The highest BCUT2D eigenvalue weighted by atomic mass is 16.4. The first-order chi connectivity index (χ1) is 9.04. The lowest BCUT2D eigenvalue weighted by Crippen LogP contribution is -2.47. The van der Waals surface area contributed by atoms with Gasteiger partial charge < -0.3 is 15.3 Å². The van der Waals surface area contributed by atoms with Gasteiger partial charge in [-0.15, -0.1) is 0 Å². The Balaban J connectivity index is 2.35. The molecule has 0 spiro atoms. The van der Waals surface area contributed by atoms with Gasteiger partial charge in [-0.05, 0) is 25.7 Å². The van der Waals surface area contributed by atoms with Crippen LogP contribution in [-0.2, 0) is 4.79 Å². The van der Waals surface area contributed by atoms with Crippen molar-refractivity contribution < 1.29 is 14.7 Å². The molecule has 2 N–H and O–H groups in total. The third kappa shape index (κ3) is 5.49. The summed E-state index contributed by atoms with van der Waals surface area (Å²) in [5.41, 5.74) is 0. The van der Waals surface area contributed by atoms with E-state index >= 15 is 0 Å². The van der Waals surface area contributed by atoms with Gasteiger partial charge in [0.2, 0.25) is 0 Å². The molecule has 0 aromatic rings. The molecule has 110 valence electrons. The topological polar surface area (TPSA) is 69.6 Å². The Bertz CT molecular complexity index is 301. The molecule has 0 bridgehead atoms. The number of carbonyl (C=O) groups excluding carboxylic acids is 1. The van der Waals surface area contributed by atoms with Crippen molar-refractivity contribution in [2.45, 2.75) is 58.4 Å². The Morgan fingerprint density at radius 2 is 2.00 bits per heavy atom. The zero-order valence-electron chi connectivity index (χ0n) is 12.0. The summed E-state index contributed by atoms with van der Waals surface area (Å²) in [5, 5.41) is 11.7. The average Bonchev–Trinajstić information content (AvgIpc) is 2.87. The van der Waals surface area contributed by atoms with Crippen LogP contribution in [0.5, 0.6) is 0 Å².